The van der Waals surface area contributed by atoms with Gasteiger partial charge in [-0.15, -0.1) is 0 Å². The topological polar surface area (TPSA) is 41.8 Å². The molecule has 0 saturated carbocycles. The van der Waals surface area contributed by atoms with Crippen molar-refractivity contribution in [1.82, 2.24) is 0 Å². The Morgan fingerprint density at radius 1 is 0.920 bits per heavy atom. The molecular weight excluding hydrogens is 310 g/mol. The van der Waals surface area contributed by atoms with E-state index in [0.717, 1.165) is 18.7 Å². The Kier molecular flexibility index (Phi) is 12.8. The van der Waals surface area contributed by atoms with Crippen molar-refractivity contribution in [2.75, 3.05) is 13.2 Å². The molecule has 1 atom stereocenters. The number of unbranched alkanes of at least 4 members (excludes halogenated alkanes) is 12. The van der Waals surface area contributed by atoms with E-state index in [9.17, 15) is 5.11 Å². The van der Waals surface area contributed by atoms with E-state index in [1.807, 2.05) is 6.92 Å². The normalized spacial score (nSPS) is 20.2. The summed E-state index contributed by atoms with van der Waals surface area (Å²) in [5.41, 5.74) is -0.418. The zero-order chi connectivity index (χ0) is 18.2. The summed E-state index contributed by atoms with van der Waals surface area (Å²) in [6.45, 7) is 4.77. The molecule has 1 unspecified atom stereocenters. The molecule has 0 fully saturated rings. The molecule has 146 valence electrons. The predicted molar refractivity (Wildman–Crippen MR) is 108 cm³/mol. The second-order valence-electron chi connectivity index (χ2n) is 7.80. The van der Waals surface area contributed by atoms with Crippen LogP contribution in [-0.4, -0.2) is 29.8 Å². The van der Waals surface area contributed by atoms with Crippen LogP contribution in [0.4, 0.5) is 0 Å². The molecule has 3 heteroatoms. The van der Waals surface area contributed by atoms with Gasteiger partial charge < -0.3 is 9.84 Å². The molecule has 0 saturated heterocycles. The molecule has 0 bridgehead atoms. The van der Waals surface area contributed by atoms with Gasteiger partial charge in [0.1, 0.15) is 12.1 Å². The monoisotopic (exact) mass is 351 g/mol. The molecular formula is C22H41NO2. The molecule has 0 aromatic heterocycles. The fourth-order valence-electron chi connectivity index (χ4n) is 3.20. The van der Waals surface area contributed by atoms with Crippen molar-refractivity contribution in [3.8, 4) is 0 Å². The minimum atomic E-state index is -0.418. The van der Waals surface area contributed by atoms with E-state index in [1.54, 1.807) is 0 Å². The smallest absolute Gasteiger partial charge is 0.187 e. The standard InChI is InChI=1S/C22H41NO2/c1-3-4-5-6-7-8-9-10-11-12-13-14-15-16-17-18-21-23-22(2,19-24)20-25-21/h16-17,24H,3-15,18-20H2,1-2H3. The highest BCUT2D eigenvalue weighted by Crippen LogP contribution is 2.19. The summed E-state index contributed by atoms with van der Waals surface area (Å²) in [6.07, 6.45) is 23.1. The lowest BCUT2D eigenvalue weighted by Gasteiger charge is -2.12. The fourth-order valence-corrected chi connectivity index (χ4v) is 3.20. The van der Waals surface area contributed by atoms with E-state index in [2.05, 4.69) is 24.1 Å². The highest BCUT2D eigenvalue weighted by atomic mass is 16.5. The summed E-state index contributed by atoms with van der Waals surface area (Å²) in [7, 11) is 0. The molecule has 1 heterocycles. The Hall–Kier alpha value is -0.830. The highest BCUT2D eigenvalue weighted by molar-refractivity contribution is 5.79. The lowest BCUT2D eigenvalue weighted by molar-refractivity contribution is 0.169. The van der Waals surface area contributed by atoms with Crippen LogP contribution < -0.4 is 0 Å². The van der Waals surface area contributed by atoms with E-state index >= 15 is 0 Å². The van der Waals surface area contributed by atoms with Gasteiger partial charge in [0.15, 0.2) is 5.90 Å². The summed E-state index contributed by atoms with van der Waals surface area (Å²) in [5, 5.41) is 9.24. The Labute approximate surface area is 156 Å². The first-order valence-corrected chi connectivity index (χ1v) is 10.7. The van der Waals surface area contributed by atoms with Crippen LogP contribution in [0.15, 0.2) is 17.1 Å². The van der Waals surface area contributed by atoms with Crippen molar-refractivity contribution in [1.29, 1.82) is 0 Å². The van der Waals surface area contributed by atoms with Crippen LogP contribution in [0.5, 0.6) is 0 Å². The highest BCUT2D eigenvalue weighted by Gasteiger charge is 2.30. The van der Waals surface area contributed by atoms with Gasteiger partial charge in [-0.05, 0) is 19.8 Å². The number of ether oxygens (including phenoxy) is 1. The third kappa shape index (κ3) is 11.4. The number of rotatable bonds is 16. The first-order chi connectivity index (χ1) is 12.2. The lowest BCUT2D eigenvalue weighted by Crippen LogP contribution is -2.28. The first-order valence-electron chi connectivity index (χ1n) is 10.7. The quantitative estimate of drug-likeness (QED) is 0.265. The summed E-state index contributed by atoms with van der Waals surface area (Å²) in [4.78, 5) is 4.44. The van der Waals surface area contributed by atoms with Crippen molar-refractivity contribution < 1.29 is 9.84 Å². The Morgan fingerprint density at radius 2 is 1.48 bits per heavy atom. The van der Waals surface area contributed by atoms with E-state index in [0.29, 0.717) is 6.61 Å². The average molecular weight is 352 g/mol. The number of aliphatic hydroxyl groups is 1. The summed E-state index contributed by atoms with van der Waals surface area (Å²) in [5.74, 6) is 0.766. The van der Waals surface area contributed by atoms with Crippen LogP contribution in [0.1, 0.15) is 104 Å². The largest absolute Gasteiger partial charge is 0.478 e. The van der Waals surface area contributed by atoms with E-state index in [1.165, 1.54) is 77.0 Å². The van der Waals surface area contributed by atoms with Crippen molar-refractivity contribution in [2.24, 2.45) is 4.99 Å². The SMILES string of the molecule is CCCCCCCCCCCCCCC=CCC1=NC(C)(CO)CO1. The van der Waals surface area contributed by atoms with Gasteiger partial charge in [-0.2, -0.15) is 0 Å². The van der Waals surface area contributed by atoms with Crippen molar-refractivity contribution >= 4 is 5.90 Å². The maximum absolute atomic E-state index is 9.24. The molecule has 0 aromatic rings. The molecule has 0 spiro atoms. The summed E-state index contributed by atoms with van der Waals surface area (Å²) >= 11 is 0. The molecule has 3 nitrogen and oxygen atoms in total. The number of aliphatic imine (C=N–C) groups is 1. The molecule has 0 amide bonds. The minimum absolute atomic E-state index is 0.0546. The van der Waals surface area contributed by atoms with E-state index in [4.69, 9.17) is 4.74 Å². The molecule has 1 N–H and O–H groups in total. The van der Waals surface area contributed by atoms with Crippen LogP contribution >= 0.6 is 0 Å². The molecule has 1 aliphatic rings. The summed E-state index contributed by atoms with van der Waals surface area (Å²) < 4.78 is 5.52. The molecule has 0 aromatic carbocycles. The molecule has 0 radical (unpaired) electrons. The van der Waals surface area contributed by atoms with Gasteiger partial charge in [-0.1, -0.05) is 89.7 Å². The van der Waals surface area contributed by atoms with Gasteiger partial charge in [0.25, 0.3) is 0 Å². The van der Waals surface area contributed by atoms with Gasteiger partial charge >= 0.3 is 0 Å². The predicted octanol–water partition coefficient (Wildman–Crippen LogP) is 6.20. The van der Waals surface area contributed by atoms with Gasteiger partial charge in [0.2, 0.25) is 0 Å². The zero-order valence-corrected chi connectivity index (χ0v) is 16.8. The second-order valence-corrected chi connectivity index (χ2v) is 7.80. The van der Waals surface area contributed by atoms with E-state index < -0.39 is 5.54 Å². The Morgan fingerprint density at radius 3 is 2.00 bits per heavy atom. The van der Waals surface area contributed by atoms with Crippen LogP contribution in [0.2, 0.25) is 0 Å². The number of nitrogens with zero attached hydrogens (tertiary/aromatic N) is 1. The van der Waals surface area contributed by atoms with Crippen LogP contribution in [0.25, 0.3) is 0 Å². The van der Waals surface area contributed by atoms with Crippen LogP contribution in [-0.2, 0) is 4.74 Å². The number of hydrogen-bond acceptors (Lipinski definition) is 3. The Bertz CT molecular complexity index is 378. The molecule has 0 aliphatic carbocycles. The van der Waals surface area contributed by atoms with Crippen LogP contribution in [0, 0.1) is 0 Å². The third-order valence-electron chi connectivity index (χ3n) is 4.97. The van der Waals surface area contributed by atoms with Crippen LogP contribution in [0.3, 0.4) is 0 Å². The lowest BCUT2D eigenvalue weighted by atomic mass is 10.0. The third-order valence-corrected chi connectivity index (χ3v) is 4.97. The van der Waals surface area contributed by atoms with E-state index in [-0.39, 0.29) is 6.61 Å². The van der Waals surface area contributed by atoms with Crippen molar-refractivity contribution in [2.45, 2.75) is 109 Å². The fraction of sp³-hybridized carbons (Fsp3) is 0.864. The van der Waals surface area contributed by atoms with Gasteiger partial charge in [0.05, 0.1) is 6.61 Å². The maximum atomic E-state index is 9.24. The van der Waals surface area contributed by atoms with Crippen molar-refractivity contribution in [3.63, 3.8) is 0 Å². The second kappa shape index (κ2) is 14.4. The molecule has 1 aliphatic heterocycles. The average Bonchev–Trinajstić information content (AvgIpc) is 3.00. The zero-order valence-electron chi connectivity index (χ0n) is 16.8. The first kappa shape index (κ1) is 22.2. The van der Waals surface area contributed by atoms with Gasteiger partial charge in [0, 0.05) is 6.42 Å². The number of allylic oxidation sites excluding steroid dienone is 1. The van der Waals surface area contributed by atoms with Crippen molar-refractivity contribution in [3.05, 3.63) is 12.2 Å². The molecule has 1 rings (SSSR count). The molecule has 25 heavy (non-hydrogen) atoms. The Balaban J connectivity index is 1.84. The van der Waals surface area contributed by atoms with Gasteiger partial charge in [-0.25, -0.2) is 4.99 Å². The summed E-state index contributed by atoms with van der Waals surface area (Å²) in [6, 6.07) is 0. The number of aliphatic hydroxyl groups excluding tert-OH is 1. The minimum Gasteiger partial charge on any atom is -0.478 e. The maximum Gasteiger partial charge on any atom is 0.187 e. The number of hydrogen-bond donors (Lipinski definition) is 1. The van der Waals surface area contributed by atoms with Gasteiger partial charge in [-0.3, -0.25) is 0 Å².